The number of thiophene rings is 1. The Morgan fingerprint density at radius 1 is 1.59 bits per heavy atom. The van der Waals surface area contributed by atoms with Gasteiger partial charge >= 0.3 is 0 Å². The summed E-state index contributed by atoms with van der Waals surface area (Å²) in [6.45, 7) is 2.54. The highest BCUT2D eigenvalue weighted by Gasteiger charge is 2.21. The van der Waals surface area contributed by atoms with Gasteiger partial charge in [-0.05, 0) is 47.4 Å². The van der Waals surface area contributed by atoms with Crippen LogP contribution in [0.25, 0.3) is 0 Å². The minimum Gasteiger partial charge on any atom is -0.355 e. The van der Waals surface area contributed by atoms with Crippen molar-refractivity contribution in [3.8, 4) is 0 Å². The van der Waals surface area contributed by atoms with E-state index in [-0.39, 0.29) is 24.2 Å². The summed E-state index contributed by atoms with van der Waals surface area (Å²) in [4.78, 5) is 13.0. The van der Waals surface area contributed by atoms with Gasteiger partial charge < -0.3 is 10.6 Å². The van der Waals surface area contributed by atoms with Gasteiger partial charge in [0.15, 0.2) is 0 Å². The smallest absolute Gasteiger partial charge is 0.224 e. The Hall–Kier alpha value is -0.100. The first kappa shape index (κ1) is 15.0. The van der Waals surface area contributed by atoms with Crippen LogP contribution in [-0.4, -0.2) is 25.5 Å². The number of carbonyl (C=O) groups is 1. The molecule has 17 heavy (non-hydrogen) atoms. The van der Waals surface area contributed by atoms with E-state index in [2.05, 4.69) is 32.6 Å². The summed E-state index contributed by atoms with van der Waals surface area (Å²) >= 11 is 5.15. The number of hydrogen-bond donors (Lipinski definition) is 2. The van der Waals surface area contributed by atoms with Crippen LogP contribution >= 0.6 is 39.7 Å². The lowest BCUT2D eigenvalue weighted by Gasteiger charge is -2.08. The Labute approximate surface area is 120 Å². The maximum absolute atomic E-state index is 11.7. The molecule has 2 rings (SSSR count). The number of nitrogens with one attached hydrogen (secondary N) is 2. The highest BCUT2D eigenvalue weighted by Crippen LogP contribution is 2.22. The van der Waals surface area contributed by atoms with Crippen molar-refractivity contribution in [1.29, 1.82) is 0 Å². The first-order chi connectivity index (χ1) is 7.75. The fourth-order valence-corrected chi connectivity index (χ4v) is 3.30. The molecule has 1 aromatic rings. The second-order valence-corrected chi connectivity index (χ2v) is 6.48. The Balaban J connectivity index is 0.00000144. The van der Waals surface area contributed by atoms with Crippen LogP contribution < -0.4 is 10.6 Å². The summed E-state index contributed by atoms with van der Waals surface area (Å²) in [6, 6.07) is 4.14. The molecule has 1 fully saturated rings. The predicted octanol–water partition coefficient (Wildman–Crippen LogP) is 2.20. The summed E-state index contributed by atoms with van der Waals surface area (Å²) in [7, 11) is 0. The SMILES string of the molecule is Cl.O=C(NCCc1ccc(Br)s1)C1CCNC1. The van der Waals surface area contributed by atoms with Crippen molar-refractivity contribution in [2.75, 3.05) is 19.6 Å². The first-order valence-electron chi connectivity index (χ1n) is 5.48. The molecule has 1 atom stereocenters. The maximum atomic E-state index is 11.7. The number of amides is 1. The topological polar surface area (TPSA) is 41.1 Å². The van der Waals surface area contributed by atoms with E-state index in [1.165, 1.54) is 4.88 Å². The van der Waals surface area contributed by atoms with E-state index >= 15 is 0 Å². The van der Waals surface area contributed by atoms with Crippen molar-refractivity contribution >= 4 is 45.6 Å². The van der Waals surface area contributed by atoms with Crippen LogP contribution in [0.2, 0.25) is 0 Å². The third-order valence-electron chi connectivity index (χ3n) is 2.73. The van der Waals surface area contributed by atoms with E-state index < -0.39 is 0 Å². The van der Waals surface area contributed by atoms with Gasteiger partial charge in [-0.3, -0.25) is 4.79 Å². The molecule has 6 heteroatoms. The van der Waals surface area contributed by atoms with Crippen molar-refractivity contribution in [2.45, 2.75) is 12.8 Å². The average molecular weight is 340 g/mol. The van der Waals surface area contributed by atoms with Crippen LogP contribution in [-0.2, 0) is 11.2 Å². The van der Waals surface area contributed by atoms with Crippen LogP contribution in [0.4, 0.5) is 0 Å². The first-order valence-corrected chi connectivity index (χ1v) is 7.09. The Kier molecular flexibility index (Phi) is 6.48. The van der Waals surface area contributed by atoms with E-state index in [0.29, 0.717) is 0 Å². The van der Waals surface area contributed by atoms with Gasteiger partial charge in [-0.2, -0.15) is 0 Å². The Bertz CT molecular complexity index is 366. The van der Waals surface area contributed by atoms with Crippen LogP contribution in [0.5, 0.6) is 0 Å². The molecule has 2 N–H and O–H groups in total. The summed E-state index contributed by atoms with van der Waals surface area (Å²) < 4.78 is 1.15. The molecule has 1 amide bonds. The molecular formula is C11H16BrClN2OS. The summed E-state index contributed by atoms with van der Waals surface area (Å²) in [5, 5.41) is 6.19. The van der Waals surface area contributed by atoms with Gasteiger partial charge in [0.05, 0.1) is 9.70 Å². The normalized spacial score (nSPS) is 18.8. The Morgan fingerprint density at radius 2 is 2.41 bits per heavy atom. The molecule has 0 spiro atoms. The van der Waals surface area contributed by atoms with E-state index in [4.69, 9.17) is 0 Å². The van der Waals surface area contributed by atoms with E-state index in [0.717, 1.165) is 36.3 Å². The molecular weight excluding hydrogens is 324 g/mol. The second kappa shape index (κ2) is 7.36. The van der Waals surface area contributed by atoms with Gasteiger partial charge in [0, 0.05) is 18.0 Å². The third-order valence-corrected chi connectivity index (χ3v) is 4.41. The fraction of sp³-hybridized carbons (Fsp3) is 0.545. The highest BCUT2D eigenvalue weighted by atomic mass is 79.9. The van der Waals surface area contributed by atoms with Crippen LogP contribution in [0.1, 0.15) is 11.3 Å². The lowest BCUT2D eigenvalue weighted by molar-refractivity contribution is -0.124. The van der Waals surface area contributed by atoms with Crippen molar-refractivity contribution in [2.24, 2.45) is 5.92 Å². The van der Waals surface area contributed by atoms with Gasteiger partial charge in [-0.1, -0.05) is 0 Å². The second-order valence-electron chi connectivity index (χ2n) is 3.94. The lowest BCUT2D eigenvalue weighted by Crippen LogP contribution is -2.33. The largest absolute Gasteiger partial charge is 0.355 e. The minimum atomic E-state index is 0. The van der Waals surface area contributed by atoms with Gasteiger partial charge in [-0.25, -0.2) is 0 Å². The van der Waals surface area contributed by atoms with E-state index in [1.54, 1.807) is 11.3 Å². The lowest BCUT2D eigenvalue weighted by atomic mass is 10.1. The summed E-state index contributed by atoms with van der Waals surface area (Å²) in [5.41, 5.74) is 0. The van der Waals surface area contributed by atoms with Crippen molar-refractivity contribution < 1.29 is 4.79 Å². The summed E-state index contributed by atoms with van der Waals surface area (Å²) in [6.07, 6.45) is 1.89. The van der Waals surface area contributed by atoms with E-state index in [1.807, 2.05) is 6.07 Å². The van der Waals surface area contributed by atoms with E-state index in [9.17, 15) is 4.79 Å². The molecule has 0 saturated carbocycles. The molecule has 1 aromatic heterocycles. The predicted molar refractivity (Wildman–Crippen MR) is 77.0 cm³/mol. The maximum Gasteiger partial charge on any atom is 0.224 e. The number of hydrogen-bond acceptors (Lipinski definition) is 3. The standard InChI is InChI=1S/C11H15BrN2OS.ClH/c12-10-2-1-9(16-10)4-6-14-11(15)8-3-5-13-7-8;/h1-2,8,13H,3-7H2,(H,14,15);1H. The number of carbonyl (C=O) groups excluding carboxylic acids is 1. The zero-order chi connectivity index (χ0) is 11.4. The quantitative estimate of drug-likeness (QED) is 0.883. The van der Waals surface area contributed by atoms with Gasteiger partial charge in [0.2, 0.25) is 5.91 Å². The van der Waals surface area contributed by atoms with Crippen molar-refractivity contribution in [1.82, 2.24) is 10.6 Å². The fourth-order valence-electron chi connectivity index (χ4n) is 1.82. The minimum absolute atomic E-state index is 0. The molecule has 1 unspecified atom stereocenters. The van der Waals surface area contributed by atoms with Gasteiger partial charge in [-0.15, -0.1) is 23.7 Å². The molecule has 1 aliphatic rings. The number of rotatable bonds is 4. The van der Waals surface area contributed by atoms with Crippen LogP contribution in [0, 0.1) is 5.92 Å². The molecule has 96 valence electrons. The zero-order valence-corrected chi connectivity index (χ0v) is 12.6. The molecule has 2 heterocycles. The molecule has 3 nitrogen and oxygen atoms in total. The van der Waals surface area contributed by atoms with Crippen molar-refractivity contribution in [3.63, 3.8) is 0 Å². The number of halogens is 2. The molecule has 1 aliphatic heterocycles. The molecule has 1 saturated heterocycles. The van der Waals surface area contributed by atoms with Crippen LogP contribution in [0.3, 0.4) is 0 Å². The summed E-state index contributed by atoms with van der Waals surface area (Å²) in [5.74, 6) is 0.371. The van der Waals surface area contributed by atoms with Gasteiger partial charge in [0.25, 0.3) is 0 Å². The molecule has 0 aliphatic carbocycles. The van der Waals surface area contributed by atoms with Gasteiger partial charge in [0.1, 0.15) is 0 Å². The molecule has 0 aromatic carbocycles. The molecule has 0 bridgehead atoms. The molecule has 0 radical (unpaired) electrons. The van der Waals surface area contributed by atoms with Crippen molar-refractivity contribution in [3.05, 3.63) is 20.8 Å². The monoisotopic (exact) mass is 338 g/mol. The van der Waals surface area contributed by atoms with Crippen LogP contribution in [0.15, 0.2) is 15.9 Å². The average Bonchev–Trinajstić information content (AvgIpc) is 2.89. The Morgan fingerprint density at radius 3 is 3.00 bits per heavy atom. The zero-order valence-electron chi connectivity index (χ0n) is 9.37. The third kappa shape index (κ3) is 4.58. The highest BCUT2D eigenvalue weighted by molar-refractivity contribution is 9.11.